The molecule has 7 heteroatoms. The summed E-state index contributed by atoms with van der Waals surface area (Å²) in [5, 5.41) is 4.16. The van der Waals surface area contributed by atoms with E-state index in [1.54, 1.807) is 6.33 Å². The average molecular weight is 458 g/mol. The Kier molecular flexibility index (Phi) is 6.60. The van der Waals surface area contributed by atoms with Gasteiger partial charge in [0.1, 0.15) is 17.4 Å². The molecule has 34 heavy (non-hydrogen) atoms. The number of rotatable bonds is 8. The zero-order chi connectivity index (χ0) is 23.3. The van der Waals surface area contributed by atoms with Crippen LogP contribution in [0, 0.1) is 5.92 Å². The molecule has 7 nitrogen and oxygen atoms in total. The van der Waals surface area contributed by atoms with Crippen molar-refractivity contribution in [3.05, 3.63) is 60.9 Å². The van der Waals surface area contributed by atoms with Gasteiger partial charge >= 0.3 is 0 Å². The Morgan fingerprint density at radius 1 is 1.15 bits per heavy atom. The van der Waals surface area contributed by atoms with Crippen LogP contribution in [-0.4, -0.2) is 48.6 Å². The van der Waals surface area contributed by atoms with Gasteiger partial charge in [-0.3, -0.25) is 4.79 Å². The topological polar surface area (TPSA) is 74.5 Å². The molecule has 0 radical (unpaired) electrons. The second-order valence-corrected chi connectivity index (χ2v) is 8.82. The summed E-state index contributed by atoms with van der Waals surface area (Å²) in [6.45, 7) is 6.21. The van der Waals surface area contributed by atoms with Crippen molar-refractivity contribution in [2.45, 2.75) is 26.2 Å². The first-order chi connectivity index (χ1) is 16.7. The number of hydrogen-bond donors (Lipinski definition) is 1. The van der Waals surface area contributed by atoms with E-state index in [4.69, 9.17) is 4.42 Å². The molecule has 1 saturated heterocycles. The van der Waals surface area contributed by atoms with Crippen LogP contribution in [0.2, 0.25) is 0 Å². The van der Waals surface area contributed by atoms with Gasteiger partial charge in [0.2, 0.25) is 5.91 Å². The fraction of sp³-hybridized carbons (Fsp3) is 0.370. The normalized spacial score (nSPS) is 16.1. The molecule has 1 atom stereocenters. The average Bonchev–Trinajstić information content (AvgIpc) is 3.28. The van der Waals surface area contributed by atoms with Gasteiger partial charge in [0.25, 0.3) is 0 Å². The van der Waals surface area contributed by atoms with Crippen LogP contribution in [0.3, 0.4) is 0 Å². The molecule has 4 aromatic rings. The minimum Gasteiger partial charge on any atom is -0.450 e. The van der Waals surface area contributed by atoms with Crippen LogP contribution < -0.4 is 15.1 Å². The van der Waals surface area contributed by atoms with Gasteiger partial charge in [-0.15, -0.1) is 0 Å². The van der Waals surface area contributed by atoms with Crippen molar-refractivity contribution in [3.8, 4) is 0 Å². The maximum absolute atomic E-state index is 13.0. The summed E-state index contributed by atoms with van der Waals surface area (Å²) in [7, 11) is 0. The van der Waals surface area contributed by atoms with Gasteiger partial charge in [0, 0.05) is 43.8 Å². The monoisotopic (exact) mass is 457 g/mol. The van der Waals surface area contributed by atoms with E-state index in [0.717, 1.165) is 61.2 Å². The predicted molar refractivity (Wildman–Crippen MR) is 136 cm³/mol. The molecule has 0 saturated carbocycles. The summed E-state index contributed by atoms with van der Waals surface area (Å²) in [5.41, 5.74) is 3.56. The Balaban J connectivity index is 1.20. The summed E-state index contributed by atoms with van der Waals surface area (Å²) in [5.74, 6) is 0.849. The molecule has 1 amide bonds. The van der Waals surface area contributed by atoms with E-state index in [1.807, 2.05) is 30.3 Å². The van der Waals surface area contributed by atoms with Crippen LogP contribution in [0.4, 0.5) is 11.5 Å². The van der Waals surface area contributed by atoms with Crippen molar-refractivity contribution in [1.82, 2.24) is 15.3 Å². The summed E-state index contributed by atoms with van der Waals surface area (Å²) < 4.78 is 6.11. The molecule has 2 aromatic carbocycles. The zero-order valence-corrected chi connectivity index (χ0v) is 19.6. The SMILES string of the molecule is CCN(CCCNC(=O)[C@H]1CCCN(c2ncnc3c2oc2ccccc23)C1)c1ccccc1. The molecule has 0 bridgehead atoms. The Bertz CT molecular complexity index is 1260. The van der Waals surface area contributed by atoms with E-state index in [1.165, 1.54) is 5.69 Å². The third-order valence-electron chi connectivity index (χ3n) is 6.64. The molecular formula is C27H31N5O2. The number of hydrogen-bond acceptors (Lipinski definition) is 6. The van der Waals surface area contributed by atoms with Crippen molar-refractivity contribution in [3.63, 3.8) is 0 Å². The van der Waals surface area contributed by atoms with Gasteiger partial charge in [0.05, 0.1) is 5.92 Å². The number of carbonyl (C=O) groups is 1. The number of carbonyl (C=O) groups excluding carboxylic acids is 1. The number of benzene rings is 2. The van der Waals surface area contributed by atoms with E-state index in [9.17, 15) is 4.79 Å². The van der Waals surface area contributed by atoms with E-state index < -0.39 is 0 Å². The molecule has 1 aliphatic heterocycles. The van der Waals surface area contributed by atoms with Crippen molar-refractivity contribution in [1.29, 1.82) is 0 Å². The number of fused-ring (bicyclic) bond motifs is 3. The molecule has 0 unspecified atom stereocenters. The molecule has 1 aliphatic rings. The van der Waals surface area contributed by atoms with Gasteiger partial charge in [0.15, 0.2) is 11.4 Å². The number of para-hydroxylation sites is 2. The lowest BCUT2D eigenvalue weighted by Gasteiger charge is -2.32. The summed E-state index contributed by atoms with van der Waals surface area (Å²) in [4.78, 5) is 26.5. The Labute approximate surface area is 199 Å². The van der Waals surface area contributed by atoms with Gasteiger partial charge in [-0.25, -0.2) is 9.97 Å². The number of nitrogens with one attached hydrogen (secondary N) is 1. The van der Waals surface area contributed by atoms with Gasteiger partial charge in [-0.2, -0.15) is 0 Å². The highest BCUT2D eigenvalue weighted by Crippen LogP contribution is 2.33. The zero-order valence-electron chi connectivity index (χ0n) is 19.6. The van der Waals surface area contributed by atoms with E-state index in [-0.39, 0.29) is 11.8 Å². The number of piperidine rings is 1. The molecule has 0 aliphatic carbocycles. The quantitative estimate of drug-likeness (QED) is 0.389. The standard InChI is InChI=1S/C27H31N5O2/c1-2-31(21-11-4-3-5-12-21)17-9-15-28-27(33)20-10-8-16-32(18-20)26-25-24(29-19-30-26)22-13-6-7-14-23(22)34-25/h3-7,11-14,19-20H,2,8-10,15-18H2,1H3,(H,28,33)/t20-/m0/s1. The first-order valence-electron chi connectivity index (χ1n) is 12.2. The van der Waals surface area contributed by atoms with Crippen molar-refractivity contribution >= 4 is 39.5 Å². The molecule has 1 N–H and O–H groups in total. The lowest BCUT2D eigenvalue weighted by atomic mass is 9.97. The first kappa shape index (κ1) is 22.2. The predicted octanol–water partition coefficient (Wildman–Crippen LogP) is 4.63. The Morgan fingerprint density at radius 2 is 1.97 bits per heavy atom. The summed E-state index contributed by atoms with van der Waals surface area (Å²) in [6.07, 6.45) is 4.34. The maximum Gasteiger partial charge on any atom is 0.224 e. The minimum atomic E-state index is -0.0560. The van der Waals surface area contributed by atoms with Crippen LogP contribution >= 0.6 is 0 Å². The van der Waals surface area contributed by atoms with Crippen molar-refractivity contribution < 1.29 is 9.21 Å². The first-order valence-corrected chi connectivity index (χ1v) is 12.2. The second-order valence-electron chi connectivity index (χ2n) is 8.82. The molecular weight excluding hydrogens is 426 g/mol. The van der Waals surface area contributed by atoms with Crippen molar-refractivity contribution in [2.75, 3.05) is 42.5 Å². The van der Waals surface area contributed by atoms with Crippen LogP contribution in [0.5, 0.6) is 0 Å². The summed E-state index contributed by atoms with van der Waals surface area (Å²) >= 11 is 0. The highest BCUT2D eigenvalue weighted by Gasteiger charge is 2.28. The fourth-order valence-electron chi connectivity index (χ4n) is 4.85. The van der Waals surface area contributed by atoms with Crippen LogP contribution in [0.1, 0.15) is 26.2 Å². The largest absolute Gasteiger partial charge is 0.450 e. The van der Waals surface area contributed by atoms with Gasteiger partial charge < -0.3 is 19.5 Å². The van der Waals surface area contributed by atoms with Crippen LogP contribution in [0.15, 0.2) is 65.3 Å². The Morgan fingerprint density at radius 3 is 2.82 bits per heavy atom. The molecule has 2 aromatic heterocycles. The number of anilines is 2. The lowest BCUT2D eigenvalue weighted by molar-refractivity contribution is -0.125. The molecule has 0 spiro atoms. The second kappa shape index (κ2) is 10.1. The molecule has 1 fully saturated rings. The summed E-state index contributed by atoms with van der Waals surface area (Å²) in [6, 6.07) is 18.3. The fourth-order valence-corrected chi connectivity index (χ4v) is 4.85. The number of amides is 1. The van der Waals surface area contributed by atoms with Crippen LogP contribution in [-0.2, 0) is 4.79 Å². The number of furan rings is 1. The van der Waals surface area contributed by atoms with E-state index >= 15 is 0 Å². The smallest absolute Gasteiger partial charge is 0.224 e. The van der Waals surface area contributed by atoms with Crippen molar-refractivity contribution in [2.24, 2.45) is 5.92 Å². The molecule has 5 rings (SSSR count). The van der Waals surface area contributed by atoms with E-state index in [0.29, 0.717) is 18.7 Å². The van der Waals surface area contributed by atoms with Gasteiger partial charge in [-0.05, 0) is 50.5 Å². The highest BCUT2D eigenvalue weighted by molar-refractivity contribution is 6.05. The highest BCUT2D eigenvalue weighted by atomic mass is 16.3. The minimum absolute atomic E-state index is 0.0560. The number of nitrogens with zero attached hydrogens (tertiary/aromatic N) is 4. The van der Waals surface area contributed by atoms with Gasteiger partial charge in [-0.1, -0.05) is 30.3 Å². The number of aromatic nitrogens is 2. The Hall–Kier alpha value is -3.61. The lowest BCUT2D eigenvalue weighted by Crippen LogP contribution is -2.44. The molecule has 3 heterocycles. The molecule has 176 valence electrons. The van der Waals surface area contributed by atoms with E-state index in [2.05, 4.69) is 56.3 Å². The maximum atomic E-state index is 13.0. The van der Waals surface area contributed by atoms with Crippen LogP contribution in [0.25, 0.3) is 22.1 Å². The third kappa shape index (κ3) is 4.55. The third-order valence-corrected chi connectivity index (χ3v) is 6.64.